The summed E-state index contributed by atoms with van der Waals surface area (Å²) >= 11 is 0. The van der Waals surface area contributed by atoms with Crippen LogP contribution in [0.5, 0.6) is 0 Å². The predicted molar refractivity (Wildman–Crippen MR) is 99.0 cm³/mol. The molecule has 0 fully saturated rings. The molecule has 0 bridgehead atoms. The van der Waals surface area contributed by atoms with Crippen molar-refractivity contribution in [1.29, 1.82) is 0 Å². The molecule has 25 heavy (non-hydrogen) atoms. The van der Waals surface area contributed by atoms with E-state index in [1.54, 1.807) is 0 Å². The number of aromatic nitrogens is 2. The van der Waals surface area contributed by atoms with Crippen LogP contribution in [0.1, 0.15) is 57.2 Å². The van der Waals surface area contributed by atoms with Gasteiger partial charge < -0.3 is 9.32 Å². The minimum absolute atomic E-state index is 0.00683. The van der Waals surface area contributed by atoms with Crippen LogP contribution in [0.2, 0.25) is 0 Å². The molecular weight excluding hydrogens is 310 g/mol. The lowest BCUT2D eigenvalue weighted by atomic mass is 9.52. The highest BCUT2D eigenvalue weighted by atomic mass is 16.4. The standard InChI is InChI=1S/C21H25N3O/c1-13-8-7-9-14-16(13)24-12-15-17(23-11-10-22-18(23)25-15)21(24,6)20(4,5)19(14,2)3/h7-11H,12H2,1-6H3. The third-order valence-electron chi connectivity index (χ3n) is 7.59. The van der Waals surface area contributed by atoms with Crippen molar-refractivity contribution in [1.82, 2.24) is 9.38 Å². The van der Waals surface area contributed by atoms with Gasteiger partial charge in [0.05, 0.1) is 17.8 Å². The SMILES string of the molecule is Cc1cccc2c1N1Cc3oc4nccn4c3C1(C)C(C)(C)C2(C)C. The molecule has 2 aliphatic heterocycles. The van der Waals surface area contributed by atoms with Gasteiger partial charge in [-0.3, -0.25) is 4.40 Å². The summed E-state index contributed by atoms with van der Waals surface area (Å²) in [5.74, 6) is 1.75. The van der Waals surface area contributed by atoms with Gasteiger partial charge in [0.2, 0.25) is 0 Å². The first kappa shape index (κ1) is 15.1. The maximum absolute atomic E-state index is 6.13. The number of aryl methyl sites for hydroxylation is 1. The van der Waals surface area contributed by atoms with Crippen molar-refractivity contribution in [2.24, 2.45) is 5.41 Å². The van der Waals surface area contributed by atoms with E-state index in [0.29, 0.717) is 5.84 Å². The number of hydrogen-bond acceptors (Lipinski definition) is 3. The molecule has 4 nitrogen and oxygen atoms in total. The van der Waals surface area contributed by atoms with Crippen molar-refractivity contribution in [3.8, 4) is 0 Å². The maximum Gasteiger partial charge on any atom is 0.306 e. The topological polar surface area (TPSA) is 33.7 Å². The fraction of sp³-hybridized carbons (Fsp3) is 0.476. The number of para-hydroxylation sites is 1. The van der Waals surface area contributed by atoms with Crippen LogP contribution in [-0.2, 0) is 17.5 Å². The number of nitrogens with zero attached hydrogens (tertiary/aromatic N) is 3. The van der Waals surface area contributed by atoms with Gasteiger partial charge >= 0.3 is 5.84 Å². The van der Waals surface area contributed by atoms with Crippen LogP contribution in [0, 0.1) is 12.3 Å². The zero-order chi connectivity index (χ0) is 17.8. The quantitative estimate of drug-likeness (QED) is 0.592. The van der Waals surface area contributed by atoms with E-state index in [1.807, 2.05) is 12.4 Å². The van der Waals surface area contributed by atoms with Gasteiger partial charge in [0.25, 0.3) is 0 Å². The molecule has 4 heteroatoms. The summed E-state index contributed by atoms with van der Waals surface area (Å²) in [5.41, 5.74) is 5.23. The summed E-state index contributed by atoms with van der Waals surface area (Å²) < 4.78 is 8.28. The molecule has 1 aromatic carbocycles. The largest absolute Gasteiger partial charge is 0.426 e. The van der Waals surface area contributed by atoms with E-state index in [0.717, 1.165) is 12.3 Å². The van der Waals surface area contributed by atoms with Gasteiger partial charge in [-0.25, -0.2) is 4.98 Å². The Morgan fingerprint density at radius 2 is 1.88 bits per heavy atom. The predicted octanol–water partition coefficient (Wildman–Crippen LogP) is 4.79. The number of fused-ring (bicyclic) bond motifs is 7. The van der Waals surface area contributed by atoms with E-state index in [9.17, 15) is 0 Å². The molecule has 0 saturated heterocycles. The maximum atomic E-state index is 6.13. The molecule has 1 unspecified atom stereocenters. The first-order chi connectivity index (χ1) is 11.7. The lowest BCUT2D eigenvalue weighted by Gasteiger charge is -2.61. The average Bonchev–Trinajstić information content (AvgIpc) is 3.17. The van der Waals surface area contributed by atoms with Crippen LogP contribution >= 0.6 is 0 Å². The van der Waals surface area contributed by atoms with Crippen LogP contribution in [0.3, 0.4) is 0 Å². The van der Waals surface area contributed by atoms with Crippen LogP contribution in [0.25, 0.3) is 5.84 Å². The van der Waals surface area contributed by atoms with Crippen LogP contribution in [0.4, 0.5) is 5.69 Å². The zero-order valence-corrected chi connectivity index (χ0v) is 15.8. The molecular formula is C21H25N3O. The van der Waals surface area contributed by atoms with Gasteiger partial charge in [0.1, 0.15) is 5.76 Å². The molecule has 1 atom stereocenters. The summed E-state index contributed by atoms with van der Waals surface area (Å²) in [6, 6.07) is 6.72. The number of benzene rings is 1. The van der Waals surface area contributed by atoms with E-state index in [1.165, 1.54) is 22.5 Å². The molecule has 0 saturated carbocycles. The van der Waals surface area contributed by atoms with Crippen molar-refractivity contribution in [3.05, 3.63) is 53.2 Å². The van der Waals surface area contributed by atoms with Gasteiger partial charge in [-0.1, -0.05) is 45.9 Å². The summed E-state index contributed by atoms with van der Waals surface area (Å²) in [6.45, 7) is 15.0. The van der Waals surface area contributed by atoms with Crippen LogP contribution in [-0.4, -0.2) is 9.38 Å². The fourth-order valence-corrected chi connectivity index (χ4v) is 5.27. The number of hydrogen-bond donors (Lipinski definition) is 0. The molecule has 130 valence electrons. The van der Waals surface area contributed by atoms with Crippen LogP contribution in [0.15, 0.2) is 35.0 Å². The third kappa shape index (κ3) is 1.41. The van der Waals surface area contributed by atoms with Crippen molar-refractivity contribution in [3.63, 3.8) is 0 Å². The second-order valence-corrected chi connectivity index (χ2v) is 8.83. The minimum Gasteiger partial charge on any atom is -0.426 e. The van der Waals surface area contributed by atoms with Gasteiger partial charge in [0.15, 0.2) is 0 Å². The summed E-state index contributed by atoms with van der Waals surface area (Å²) in [5, 5.41) is 0. The second kappa shape index (κ2) is 4.12. The van der Waals surface area contributed by atoms with Crippen molar-refractivity contribution in [2.45, 2.75) is 59.0 Å². The number of oxazole rings is 1. The Bertz CT molecular complexity index is 1020. The van der Waals surface area contributed by atoms with E-state index < -0.39 is 0 Å². The molecule has 2 aliphatic rings. The van der Waals surface area contributed by atoms with E-state index in [-0.39, 0.29) is 16.4 Å². The van der Waals surface area contributed by atoms with E-state index in [2.05, 4.69) is 74.0 Å². The lowest BCUT2D eigenvalue weighted by Crippen LogP contribution is -2.62. The Kier molecular flexibility index (Phi) is 2.48. The monoisotopic (exact) mass is 335 g/mol. The summed E-state index contributed by atoms with van der Waals surface area (Å²) in [7, 11) is 0. The molecule has 0 radical (unpaired) electrons. The second-order valence-electron chi connectivity index (χ2n) is 8.83. The van der Waals surface area contributed by atoms with Crippen LogP contribution < -0.4 is 4.90 Å². The van der Waals surface area contributed by atoms with E-state index >= 15 is 0 Å². The Morgan fingerprint density at radius 3 is 2.64 bits per heavy atom. The lowest BCUT2D eigenvalue weighted by molar-refractivity contribution is 0.0651. The van der Waals surface area contributed by atoms with Gasteiger partial charge in [-0.05, 0) is 30.4 Å². The normalized spacial score (nSPS) is 25.8. The fourth-order valence-electron chi connectivity index (χ4n) is 5.27. The minimum atomic E-state index is -0.170. The average molecular weight is 335 g/mol. The zero-order valence-electron chi connectivity index (χ0n) is 15.8. The highest BCUT2D eigenvalue weighted by molar-refractivity contribution is 5.70. The molecule has 0 aliphatic carbocycles. The van der Waals surface area contributed by atoms with Gasteiger partial charge in [0, 0.05) is 23.5 Å². The number of imidazole rings is 1. The Labute approximate surface area is 148 Å². The summed E-state index contributed by atoms with van der Waals surface area (Å²) in [6.07, 6.45) is 3.86. The Morgan fingerprint density at radius 1 is 1.12 bits per heavy atom. The Hall–Kier alpha value is -2.23. The molecule has 2 aromatic heterocycles. The first-order valence-electron chi connectivity index (χ1n) is 9.04. The van der Waals surface area contributed by atoms with Crippen molar-refractivity contribution >= 4 is 11.5 Å². The highest BCUT2D eigenvalue weighted by Gasteiger charge is 2.64. The molecule has 0 N–H and O–H groups in total. The Balaban J connectivity index is 1.91. The van der Waals surface area contributed by atoms with Crippen molar-refractivity contribution in [2.75, 3.05) is 4.90 Å². The van der Waals surface area contributed by atoms with Crippen molar-refractivity contribution < 1.29 is 4.42 Å². The molecule has 0 amide bonds. The first-order valence-corrected chi connectivity index (χ1v) is 9.04. The van der Waals surface area contributed by atoms with Gasteiger partial charge in [-0.15, -0.1) is 0 Å². The molecule has 5 rings (SSSR count). The smallest absolute Gasteiger partial charge is 0.306 e. The number of anilines is 1. The molecule has 0 spiro atoms. The molecule has 4 heterocycles. The number of rotatable bonds is 0. The third-order valence-corrected chi connectivity index (χ3v) is 7.59. The highest BCUT2D eigenvalue weighted by Crippen LogP contribution is 2.65. The summed E-state index contributed by atoms with van der Waals surface area (Å²) in [4.78, 5) is 6.94. The van der Waals surface area contributed by atoms with E-state index in [4.69, 9.17) is 4.42 Å². The van der Waals surface area contributed by atoms with Gasteiger partial charge in [-0.2, -0.15) is 0 Å². The molecule has 3 aromatic rings.